The van der Waals surface area contributed by atoms with Crippen LogP contribution >= 0.6 is 0 Å². The number of rotatable bonds is 15. The number of hydrogen-bond donors (Lipinski definition) is 0. The average molecular weight is 362 g/mol. The summed E-state index contributed by atoms with van der Waals surface area (Å²) >= 11 is 0. The van der Waals surface area contributed by atoms with Crippen LogP contribution in [0.5, 0.6) is 0 Å². The normalized spacial score (nSPS) is 16.9. The number of esters is 1. The highest BCUT2D eigenvalue weighted by atomic mass is 28.4. The summed E-state index contributed by atoms with van der Waals surface area (Å²) in [6.07, 6.45) is 2.72. The van der Waals surface area contributed by atoms with Crippen molar-refractivity contribution in [3.63, 3.8) is 0 Å². The van der Waals surface area contributed by atoms with Crippen LogP contribution in [0.4, 0.5) is 0 Å². The predicted molar refractivity (Wildman–Crippen MR) is 90.7 cm³/mol. The lowest BCUT2D eigenvalue weighted by molar-refractivity contribution is -0.139. The molecule has 0 spiro atoms. The Balaban J connectivity index is 2.12. The van der Waals surface area contributed by atoms with E-state index >= 15 is 0 Å². The molecule has 0 aromatic carbocycles. The van der Waals surface area contributed by atoms with Crippen molar-refractivity contribution in [1.29, 1.82) is 0 Å². The zero-order valence-electron chi connectivity index (χ0n) is 15.0. The lowest BCUT2D eigenvalue weighted by Crippen LogP contribution is -2.44. The van der Waals surface area contributed by atoms with E-state index in [-0.39, 0.29) is 5.97 Å². The van der Waals surface area contributed by atoms with Crippen molar-refractivity contribution in [3.8, 4) is 0 Å². The molecule has 0 saturated carbocycles. The van der Waals surface area contributed by atoms with E-state index in [0.717, 1.165) is 19.4 Å². The smallest absolute Gasteiger partial charge is 0.462 e. The summed E-state index contributed by atoms with van der Waals surface area (Å²) in [6.45, 7) is 8.22. The maximum atomic E-state index is 11.3. The Hall–Kier alpha value is -0.773. The van der Waals surface area contributed by atoms with Gasteiger partial charge in [-0.15, -0.1) is 0 Å². The third-order valence-electron chi connectivity index (χ3n) is 3.54. The molecule has 1 fully saturated rings. The van der Waals surface area contributed by atoms with E-state index in [2.05, 4.69) is 6.58 Å². The van der Waals surface area contributed by atoms with Gasteiger partial charge in [-0.3, -0.25) is 0 Å². The first-order valence-corrected chi connectivity index (χ1v) is 10.2. The standard InChI is InChI=1S/C16H30O7Si/c1-14(2)16(17)21-9-7-11-24(18-3,19-4)23-10-6-5-8-20-12-15-13-22-15/h15H,1,5-13H2,2-4H3. The van der Waals surface area contributed by atoms with Crippen molar-refractivity contribution in [2.24, 2.45) is 0 Å². The third-order valence-corrected chi connectivity index (χ3v) is 6.40. The number of unbranched alkanes of at least 4 members (excludes halogenated alkanes) is 1. The Morgan fingerprint density at radius 3 is 2.42 bits per heavy atom. The summed E-state index contributed by atoms with van der Waals surface area (Å²) in [7, 11) is 0.490. The van der Waals surface area contributed by atoms with E-state index in [4.69, 9.17) is 27.5 Å². The number of carbonyl (C=O) groups excluding carboxylic acids is 1. The van der Waals surface area contributed by atoms with Gasteiger partial charge in [-0.25, -0.2) is 4.79 Å². The number of ether oxygens (including phenoxy) is 3. The molecule has 1 atom stereocenters. The molecule has 1 aliphatic heterocycles. The van der Waals surface area contributed by atoms with Crippen molar-refractivity contribution >= 4 is 14.8 Å². The van der Waals surface area contributed by atoms with Crippen LogP contribution in [-0.4, -0.2) is 68.1 Å². The van der Waals surface area contributed by atoms with Crippen LogP contribution in [0.1, 0.15) is 26.2 Å². The van der Waals surface area contributed by atoms with E-state index < -0.39 is 8.80 Å². The van der Waals surface area contributed by atoms with Gasteiger partial charge in [-0.2, -0.15) is 0 Å². The Bertz CT molecular complexity index is 381. The second kappa shape index (κ2) is 11.7. The highest BCUT2D eigenvalue weighted by molar-refractivity contribution is 6.60. The summed E-state index contributed by atoms with van der Waals surface area (Å²) in [4.78, 5) is 11.3. The predicted octanol–water partition coefficient (Wildman–Crippen LogP) is 1.94. The summed E-state index contributed by atoms with van der Waals surface area (Å²) in [5, 5.41) is 0. The quantitative estimate of drug-likeness (QED) is 0.145. The van der Waals surface area contributed by atoms with Gasteiger partial charge in [0.25, 0.3) is 0 Å². The van der Waals surface area contributed by atoms with E-state index in [1.807, 2.05) is 0 Å². The Morgan fingerprint density at radius 1 is 1.17 bits per heavy atom. The summed E-state index contributed by atoms with van der Waals surface area (Å²) < 4.78 is 32.5. The molecule has 140 valence electrons. The molecule has 0 aromatic heterocycles. The molecular formula is C16H30O7Si. The minimum atomic E-state index is -2.69. The minimum Gasteiger partial charge on any atom is -0.462 e. The first kappa shape index (κ1) is 21.3. The average Bonchev–Trinajstić information content (AvgIpc) is 3.40. The first-order chi connectivity index (χ1) is 11.5. The molecule has 0 amide bonds. The van der Waals surface area contributed by atoms with E-state index in [1.165, 1.54) is 0 Å². The van der Waals surface area contributed by atoms with Gasteiger partial charge < -0.3 is 27.5 Å². The van der Waals surface area contributed by atoms with Gasteiger partial charge in [0.1, 0.15) is 6.10 Å². The van der Waals surface area contributed by atoms with E-state index in [9.17, 15) is 4.79 Å². The van der Waals surface area contributed by atoms with Gasteiger partial charge in [-0.05, 0) is 26.2 Å². The lowest BCUT2D eigenvalue weighted by atomic mass is 10.3. The largest absolute Gasteiger partial charge is 0.500 e. The van der Waals surface area contributed by atoms with Crippen LogP contribution in [0.15, 0.2) is 12.2 Å². The monoisotopic (exact) mass is 362 g/mol. The maximum absolute atomic E-state index is 11.3. The Kier molecular flexibility index (Phi) is 10.4. The SMILES string of the molecule is C=C(C)C(=O)OCCC[Si](OC)(OC)OCCCCOCC1CO1. The zero-order valence-corrected chi connectivity index (χ0v) is 16.0. The van der Waals surface area contributed by atoms with Gasteiger partial charge >= 0.3 is 14.8 Å². The summed E-state index contributed by atoms with van der Waals surface area (Å²) in [5.74, 6) is -0.380. The van der Waals surface area contributed by atoms with Crippen molar-refractivity contribution < 1.29 is 32.3 Å². The number of hydrogen-bond acceptors (Lipinski definition) is 7. The molecule has 0 radical (unpaired) electrons. The van der Waals surface area contributed by atoms with Gasteiger partial charge in [0.15, 0.2) is 0 Å². The molecule has 1 rings (SSSR count). The molecule has 0 N–H and O–H groups in total. The van der Waals surface area contributed by atoms with E-state index in [0.29, 0.717) is 50.6 Å². The zero-order chi connectivity index (χ0) is 17.8. The molecule has 8 heteroatoms. The molecule has 0 aromatic rings. The van der Waals surface area contributed by atoms with Crippen LogP contribution in [0.3, 0.4) is 0 Å². The molecule has 0 bridgehead atoms. The van der Waals surface area contributed by atoms with Crippen molar-refractivity contribution in [3.05, 3.63) is 12.2 Å². The highest BCUT2D eigenvalue weighted by Crippen LogP contribution is 2.17. The van der Waals surface area contributed by atoms with Gasteiger partial charge in [0.2, 0.25) is 0 Å². The third kappa shape index (κ3) is 8.91. The summed E-state index contributed by atoms with van der Waals surface area (Å²) in [6, 6.07) is 0.596. The van der Waals surface area contributed by atoms with Crippen LogP contribution in [0.2, 0.25) is 6.04 Å². The van der Waals surface area contributed by atoms with Gasteiger partial charge in [0, 0.05) is 39.1 Å². The summed E-state index contributed by atoms with van der Waals surface area (Å²) in [5.41, 5.74) is 0.392. The van der Waals surface area contributed by atoms with Gasteiger partial charge in [0.05, 0.1) is 19.8 Å². The highest BCUT2D eigenvalue weighted by Gasteiger charge is 2.38. The molecule has 1 aliphatic rings. The molecule has 1 heterocycles. The topological polar surface area (TPSA) is 75.8 Å². The van der Waals surface area contributed by atoms with Crippen molar-refractivity contribution in [2.75, 3.05) is 47.3 Å². The fraction of sp³-hybridized carbons (Fsp3) is 0.812. The number of carbonyl (C=O) groups is 1. The molecule has 24 heavy (non-hydrogen) atoms. The van der Waals surface area contributed by atoms with Crippen LogP contribution in [0, 0.1) is 0 Å². The fourth-order valence-corrected chi connectivity index (χ4v) is 3.95. The number of epoxide rings is 1. The fourth-order valence-electron chi connectivity index (χ4n) is 1.97. The second-order valence-electron chi connectivity index (χ2n) is 5.70. The minimum absolute atomic E-state index is 0.299. The Morgan fingerprint density at radius 2 is 1.83 bits per heavy atom. The Labute approximate surface area is 145 Å². The molecule has 1 unspecified atom stereocenters. The lowest BCUT2D eigenvalue weighted by Gasteiger charge is -2.26. The second-order valence-corrected chi connectivity index (χ2v) is 8.67. The molecule has 0 aliphatic carbocycles. The molecule has 7 nitrogen and oxygen atoms in total. The maximum Gasteiger partial charge on any atom is 0.500 e. The molecule has 1 saturated heterocycles. The van der Waals surface area contributed by atoms with Crippen LogP contribution in [0.25, 0.3) is 0 Å². The van der Waals surface area contributed by atoms with Crippen molar-refractivity contribution in [2.45, 2.75) is 38.3 Å². The van der Waals surface area contributed by atoms with Crippen LogP contribution < -0.4 is 0 Å². The van der Waals surface area contributed by atoms with Crippen LogP contribution in [-0.2, 0) is 32.3 Å². The molecular weight excluding hydrogens is 332 g/mol. The van der Waals surface area contributed by atoms with Crippen molar-refractivity contribution in [1.82, 2.24) is 0 Å². The van der Waals surface area contributed by atoms with E-state index in [1.54, 1.807) is 21.1 Å². The van der Waals surface area contributed by atoms with Gasteiger partial charge in [-0.1, -0.05) is 6.58 Å². The first-order valence-electron chi connectivity index (χ1n) is 8.29.